The number of carboxylic acid groups (broad SMARTS) is 3. The summed E-state index contributed by atoms with van der Waals surface area (Å²) in [6.45, 7) is 0. The molecule has 9 aromatic rings. The van der Waals surface area contributed by atoms with Crippen molar-refractivity contribution in [3.8, 4) is 28.7 Å². The van der Waals surface area contributed by atoms with E-state index < -0.39 is 168 Å². The van der Waals surface area contributed by atoms with Gasteiger partial charge in [-0.15, -0.1) is 0 Å². The molecule has 0 amide bonds. The summed E-state index contributed by atoms with van der Waals surface area (Å²) in [7, 11) is 0. The number of halogens is 21. The molecule has 1 N–H and O–H groups in total. The molecule has 0 saturated heterocycles. The summed E-state index contributed by atoms with van der Waals surface area (Å²) in [6.07, 6.45) is 2.47. The lowest BCUT2D eigenvalue weighted by atomic mass is 9.48. The van der Waals surface area contributed by atoms with Gasteiger partial charge in [0.05, 0.1) is 56.3 Å². The van der Waals surface area contributed by atoms with E-state index in [9.17, 15) is 106 Å². The molecule has 0 aromatic heterocycles. The number of aromatic carboxylic acids is 3. The van der Waals surface area contributed by atoms with Gasteiger partial charge in [0, 0.05) is 43.9 Å². The minimum atomic E-state index is -2.50. The number of carbonyl (C=O) groups is 9. The highest BCUT2D eigenvalue weighted by atomic mass is 127. The van der Waals surface area contributed by atoms with Gasteiger partial charge < -0.3 is 53.3 Å². The number of ether oxygens (including phenoxy) is 6. The van der Waals surface area contributed by atoms with E-state index in [1.807, 2.05) is 86.0 Å². The van der Waals surface area contributed by atoms with E-state index in [0.29, 0.717) is 49.5 Å². The highest BCUT2D eigenvalue weighted by Crippen LogP contribution is 2.63. The second-order valence-electron chi connectivity index (χ2n) is 24.0. The maximum atomic E-state index is 14.5. The van der Waals surface area contributed by atoms with Crippen LogP contribution < -0.4 is 33.9 Å². The van der Waals surface area contributed by atoms with Crippen LogP contribution in [0.2, 0.25) is 0 Å². The van der Waals surface area contributed by atoms with Gasteiger partial charge in [0.2, 0.25) is 52.2 Å². The van der Waals surface area contributed by atoms with Crippen molar-refractivity contribution in [1.29, 1.82) is 0 Å². The predicted molar refractivity (Wildman–Crippen MR) is 429 cm³/mol. The van der Waals surface area contributed by atoms with E-state index in [4.69, 9.17) is 24.1 Å². The third kappa shape index (κ3) is 18.0. The zero-order chi connectivity index (χ0) is 80.9. The van der Waals surface area contributed by atoms with E-state index in [1.165, 1.54) is 36.4 Å². The summed E-state index contributed by atoms with van der Waals surface area (Å²) in [5, 5.41) is 30.8. The minimum Gasteiger partial charge on any atom is -0.545 e. The van der Waals surface area contributed by atoms with E-state index in [1.54, 1.807) is 24.3 Å². The van der Waals surface area contributed by atoms with E-state index in [0.717, 1.165) is 49.6 Å². The maximum absolute atomic E-state index is 14.5. The van der Waals surface area contributed by atoms with Crippen LogP contribution in [0, 0.1) is 119 Å². The lowest BCUT2D eigenvalue weighted by Gasteiger charge is -2.59. The first-order valence-electron chi connectivity index (χ1n) is 30.2. The Bertz CT molecular complexity index is 5380. The molecule has 4 aliphatic carbocycles. The number of hydrogen-bond acceptors (Lipinski definition) is 17. The molecular formula is C71H31F12I9O18-2. The quantitative estimate of drug-likeness (QED) is 0.0328. The Kier molecular flexibility index (Phi) is 27.6. The molecule has 4 fully saturated rings. The number of hydrogen-bond donors (Lipinski definition) is 1. The second-order valence-corrected chi connectivity index (χ2v) is 34.4. The molecule has 2 atom stereocenters. The molecule has 0 aliphatic heterocycles. The molecule has 110 heavy (non-hydrogen) atoms. The summed E-state index contributed by atoms with van der Waals surface area (Å²) in [5.74, 6) is -44.8. The van der Waals surface area contributed by atoms with Gasteiger partial charge in [-0.05, 0) is 325 Å². The fourth-order valence-corrected chi connectivity index (χ4v) is 19.7. The highest BCUT2D eigenvalue weighted by Gasteiger charge is 2.63. The van der Waals surface area contributed by atoms with Gasteiger partial charge in [0.15, 0.2) is 34.9 Å². The van der Waals surface area contributed by atoms with Crippen LogP contribution in [0.4, 0.5) is 52.7 Å². The van der Waals surface area contributed by atoms with Crippen molar-refractivity contribution in [3.63, 3.8) is 0 Å². The minimum absolute atomic E-state index is 0.0238. The monoisotopic (exact) mass is 2540 g/mol. The van der Waals surface area contributed by atoms with Crippen LogP contribution in [0.3, 0.4) is 0 Å². The average molecular weight is 2540 g/mol. The smallest absolute Gasteiger partial charge is 0.344 e. The first-order chi connectivity index (χ1) is 51.6. The van der Waals surface area contributed by atoms with E-state index >= 15 is 0 Å². The van der Waals surface area contributed by atoms with Crippen molar-refractivity contribution in [3.05, 3.63) is 244 Å². The molecule has 572 valence electrons. The van der Waals surface area contributed by atoms with Gasteiger partial charge in [-0.25, -0.2) is 55.1 Å². The lowest BCUT2D eigenvalue weighted by molar-refractivity contribution is -0.256. The third-order valence-corrected chi connectivity index (χ3v) is 27.9. The topological polar surface area (TPSA) is 275 Å². The van der Waals surface area contributed by atoms with Crippen LogP contribution in [-0.2, 0) is 9.53 Å². The van der Waals surface area contributed by atoms with Crippen molar-refractivity contribution in [2.24, 2.45) is 17.3 Å². The third-order valence-electron chi connectivity index (χ3n) is 16.9. The van der Waals surface area contributed by atoms with Gasteiger partial charge in [0.25, 0.3) is 0 Å². The largest absolute Gasteiger partial charge is 0.545 e. The Morgan fingerprint density at radius 2 is 0.764 bits per heavy atom. The van der Waals surface area contributed by atoms with Crippen molar-refractivity contribution < 1.29 is 140 Å². The summed E-state index contributed by atoms with van der Waals surface area (Å²) in [6, 6.07) is 23.6. The number of benzene rings is 9. The van der Waals surface area contributed by atoms with Gasteiger partial charge in [-0.2, -0.15) is 26.3 Å². The second kappa shape index (κ2) is 35.1. The normalized spacial score (nSPS) is 16.5. The van der Waals surface area contributed by atoms with Gasteiger partial charge in [0.1, 0.15) is 22.7 Å². The zero-order valence-electron chi connectivity index (χ0n) is 53.5. The van der Waals surface area contributed by atoms with E-state index in [2.05, 4.69) is 145 Å². The number of rotatable bonds is 15. The molecule has 18 nitrogen and oxygen atoms in total. The predicted octanol–water partition coefficient (Wildman–Crippen LogP) is 17.7. The molecule has 4 bridgehead atoms. The Balaban J connectivity index is 0.000000176. The molecule has 13 rings (SSSR count). The van der Waals surface area contributed by atoms with Crippen molar-refractivity contribution in [2.75, 3.05) is 0 Å². The molecule has 2 unspecified atom stereocenters. The van der Waals surface area contributed by atoms with Crippen LogP contribution in [0.1, 0.15) is 121 Å². The van der Waals surface area contributed by atoms with Crippen LogP contribution >= 0.6 is 203 Å². The number of carboxylic acids is 3. The summed E-state index contributed by atoms with van der Waals surface area (Å²) < 4.78 is 208. The van der Waals surface area contributed by atoms with Crippen LogP contribution in [0.25, 0.3) is 10.8 Å². The molecule has 4 saturated carbocycles. The van der Waals surface area contributed by atoms with Crippen molar-refractivity contribution in [1.82, 2.24) is 0 Å². The molecule has 0 radical (unpaired) electrons. The molecule has 4 aliphatic rings. The van der Waals surface area contributed by atoms with Gasteiger partial charge in [-0.1, -0.05) is 24.3 Å². The highest BCUT2D eigenvalue weighted by molar-refractivity contribution is 14.1. The first-order valence-corrected chi connectivity index (χ1v) is 39.9. The van der Waals surface area contributed by atoms with Crippen molar-refractivity contribution >= 4 is 268 Å². The van der Waals surface area contributed by atoms with Crippen LogP contribution in [-0.4, -0.2) is 64.4 Å². The van der Waals surface area contributed by atoms with Crippen LogP contribution in [0.5, 0.6) is 28.7 Å². The summed E-state index contributed by atoms with van der Waals surface area (Å²) >= 11 is 18.6. The van der Waals surface area contributed by atoms with E-state index in [-0.39, 0.29) is 51.7 Å². The Morgan fingerprint density at radius 3 is 1.18 bits per heavy atom. The Hall–Kier alpha value is -5.80. The van der Waals surface area contributed by atoms with Gasteiger partial charge >= 0.3 is 41.8 Å². The van der Waals surface area contributed by atoms with Crippen LogP contribution in [0.15, 0.2) is 97.1 Å². The molecular weight excluding hydrogens is 2510 g/mol. The number of esters is 6. The molecule has 9 aromatic carbocycles. The van der Waals surface area contributed by atoms with Gasteiger partial charge in [-0.3, -0.25) is 4.79 Å². The zero-order valence-corrected chi connectivity index (χ0v) is 72.9. The summed E-state index contributed by atoms with van der Waals surface area (Å²) in [5.41, 5.74) is -7.65. The SMILES string of the molecule is O=C(OC12CC3CC(C1)CC(C(=O)Oc1c(F)c(F)c(C(=O)O)c(F)c1F)(C3)C2)c1cc(I)cc(I)c1I.O=C(Oc1c(F)c(F)c(C(=O)[O-])c(F)c1F)c1ccc(OC(=O)c2cc(I)cc(I)c2I)cc1.O=C(Oc1ccc(C(=O)Oc2c(F)c(F)c(C(=O)[O-])c(F)c2F)c2ccccc12)c1cc(I)cc(I)c1I. The Morgan fingerprint density at radius 1 is 0.391 bits per heavy atom. The number of carbonyl (C=O) groups excluding carboxylic acids is 8. The molecule has 0 spiro atoms. The average Bonchev–Trinajstić information content (AvgIpc) is 0.712. The number of fused-ring (bicyclic) bond motifs is 1. The first kappa shape index (κ1) is 86.6. The standard InChI is InChI=1S/C25H17F4I3O6.C25H9F4I3O6.C21H7F4I3O6/c26-15-14(21(33)34)16(27)18(29)20(17(15)28)37-23(36)24-4-9-1-10(5-24)7-25(6-9,8-24)38-22(35)12-2-11(30)3-13(31)19(12)32;26-17-16(23(33)34)18(27)20(29)22(19(17)28)38-24(35)12-5-6-15(11-4-2-1-3-10(11)12)37-25(36)13-7-9(30)8-14(31)21(13)32;22-13-12(19(29)30)14(23)16(25)18(15(13)24)34-20(31)7-1-3-9(4-2-7)33-21(32)10-5-8(26)6-11(27)17(10)28/h2-3,9-10H,1,4-8H2,(H,33,34);1-8H,(H,33,34);1-6H,(H,29,30)/p-2. The molecule has 39 heteroatoms. The Labute approximate surface area is 731 Å². The fraction of sp³-hybridized carbons (Fsp3) is 0.141. The maximum Gasteiger partial charge on any atom is 0.344 e. The lowest BCUT2D eigenvalue weighted by Crippen LogP contribution is -2.60. The molecule has 0 heterocycles. The van der Waals surface area contributed by atoms with Crippen molar-refractivity contribution in [2.45, 2.75) is 44.1 Å². The fourth-order valence-electron chi connectivity index (χ4n) is 12.6. The summed E-state index contributed by atoms with van der Waals surface area (Å²) in [4.78, 5) is 110.